The number of nitrogens with zero attached hydrogens (tertiary/aromatic N) is 3. The SMILES string of the molecule is COc1cc(/C=N/NC(=O)CSc2n[nH]c(-c3ccc(C)cc3)[n+]2-c2ccc(C)cc2)ccc1[O-]. The molecule has 0 bridgehead atoms. The van der Waals surface area contributed by atoms with Crippen molar-refractivity contribution in [3.05, 3.63) is 83.4 Å². The first-order valence-electron chi connectivity index (χ1n) is 10.9. The van der Waals surface area contributed by atoms with E-state index in [2.05, 4.69) is 20.7 Å². The van der Waals surface area contributed by atoms with Gasteiger partial charge in [-0.05, 0) is 61.5 Å². The van der Waals surface area contributed by atoms with Crippen molar-refractivity contribution in [2.75, 3.05) is 12.9 Å². The number of aromatic amines is 1. The molecular formula is C26H25N5O3S. The van der Waals surface area contributed by atoms with Crippen LogP contribution in [0.5, 0.6) is 11.5 Å². The van der Waals surface area contributed by atoms with Gasteiger partial charge in [0.1, 0.15) is 11.4 Å². The number of nitrogens with one attached hydrogen (secondary N) is 2. The van der Waals surface area contributed by atoms with Gasteiger partial charge in [-0.2, -0.15) is 9.67 Å². The Morgan fingerprint density at radius 1 is 1.11 bits per heavy atom. The van der Waals surface area contributed by atoms with Crippen molar-refractivity contribution in [1.82, 2.24) is 15.6 Å². The number of benzene rings is 3. The van der Waals surface area contributed by atoms with Crippen molar-refractivity contribution in [3.8, 4) is 28.6 Å². The molecular weight excluding hydrogens is 462 g/mol. The molecule has 0 saturated carbocycles. The van der Waals surface area contributed by atoms with Gasteiger partial charge in [0.15, 0.2) is 0 Å². The largest absolute Gasteiger partial charge is 0.870 e. The van der Waals surface area contributed by atoms with E-state index < -0.39 is 0 Å². The molecule has 0 atom stereocenters. The lowest BCUT2D eigenvalue weighted by atomic mass is 10.1. The number of amides is 1. The fraction of sp³-hybridized carbons (Fsp3) is 0.154. The molecule has 2 N–H and O–H groups in total. The molecule has 178 valence electrons. The minimum absolute atomic E-state index is 0.115. The highest BCUT2D eigenvalue weighted by atomic mass is 32.2. The number of carbonyl (C=O) groups is 1. The zero-order valence-corrected chi connectivity index (χ0v) is 20.4. The summed E-state index contributed by atoms with van der Waals surface area (Å²) < 4.78 is 7.02. The number of ether oxygens (including phenoxy) is 1. The molecule has 0 aliphatic carbocycles. The van der Waals surface area contributed by atoms with Gasteiger partial charge in [0, 0.05) is 0 Å². The van der Waals surface area contributed by atoms with Crippen LogP contribution >= 0.6 is 11.8 Å². The normalized spacial score (nSPS) is 11.1. The summed E-state index contributed by atoms with van der Waals surface area (Å²) in [6.45, 7) is 4.08. The van der Waals surface area contributed by atoms with Crippen molar-refractivity contribution in [1.29, 1.82) is 0 Å². The lowest BCUT2D eigenvalue weighted by Crippen LogP contribution is -2.34. The number of hydrogen-bond donors (Lipinski definition) is 2. The van der Waals surface area contributed by atoms with Crippen molar-refractivity contribution >= 4 is 23.9 Å². The van der Waals surface area contributed by atoms with E-state index in [9.17, 15) is 9.90 Å². The first-order valence-corrected chi connectivity index (χ1v) is 11.9. The van der Waals surface area contributed by atoms with Crippen LogP contribution in [0.3, 0.4) is 0 Å². The Bertz CT molecular complexity index is 1350. The van der Waals surface area contributed by atoms with Crippen LogP contribution < -0.4 is 19.8 Å². The van der Waals surface area contributed by atoms with Crippen LogP contribution in [0.1, 0.15) is 16.7 Å². The Labute approximate surface area is 207 Å². The number of thioether (sulfide) groups is 1. The third kappa shape index (κ3) is 5.88. The Morgan fingerprint density at radius 3 is 2.49 bits per heavy atom. The highest BCUT2D eigenvalue weighted by Gasteiger charge is 2.24. The topological polar surface area (TPSA) is 106 Å². The molecule has 0 saturated heterocycles. The van der Waals surface area contributed by atoms with Crippen LogP contribution in [0.15, 0.2) is 77.0 Å². The quantitative estimate of drug-likeness (QED) is 0.172. The molecule has 1 amide bonds. The van der Waals surface area contributed by atoms with E-state index in [1.54, 1.807) is 12.1 Å². The van der Waals surface area contributed by atoms with Gasteiger partial charge in [0.2, 0.25) is 0 Å². The maximum atomic E-state index is 12.4. The van der Waals surface area contributed by atoms with Gasteiger partial charge in [-0.3, -0.25) is 4.79 Å². The van der Waals surface area contributed by atoms with E-state index in [1.165, 1.54) is 36.7 Å². The first kappa shape index (κ1) is 24.0. The van der Waals surface area contributed by atoms with E-state index >= 15 is 0 Å². The van der Waals surface area contributed by atoms with E-state index in [4.69, 9.17) is 4.74 Å². The van der Waals surface area contributed by atoms with Crippen LogP contribution in [-0.4, -0.2) is 35.2 Å². The summed E-state index contributed by atoms with van der Waals surface area (Å²) in [6, 6.07) is 20.9. The second kappa shape index (κ2) is 10.9. The molecule has 0 unspecified atom stereocenters. The number of hydrazone groups is 1. The van der Waals surface area contributed by atoms with Crippen LogP contribution in [0.4, 0.5) is 0 Å². The molecule has 4 rings (SSSR count). The van der Waals surface area contributed by atoms with Gasteiger partial charge in [-0.1, -0.05) is 53.3 Å². The fourth-order valence-electron chi connectivity index (χ4n) is 3.34. The lowest BCUT2D eigenvalue weighted by Gasteiger charge is -2.11. The number of methoxy groups -OCH3 is 1. The van der Waals surface area contributed by atoms with Gasteiger partial charge in [-0.15, -0.1) is 5.10 Å². The summed E-state index contributed by atoms with van der Waals surface area (Å²) in [5.41, 5.74) is 7.41. The van der Waals surface area contributed by atoms with Crippen molar-refractivity contribution in [2.45, 2.75) is 19.0 Å². The second-order valence-electron chi connectivity index (χ2n) is 7.88. The molecule has 3 aromatic carbocycles. The Hall–Kier alpha value is -4.11. The highest BCUT2D eigenvalue weighted by molar-refractivity contribution is 7.99. The fourth-order valence-corrected chi connectivity index (χ4v) is 4.10. The molecule has 35 heavy (non-hydrogen) atoms. The monoisotopic (exact) mass is 487 g/mol. The molecule has 8 nitrogen and oxygen atoms in total. The minimum Gasteiger partial charge on any atom is -0.870 e. The summed E-state index contributed by atoms with van der Waals surface area (Å²) >= 11 is 1.30. The molecule has 9 heteroatoms. The number of rotatable bonds is 8. The number of H-pyrrole nitrogens is 1. The van der Waals surface area contributed by atoms with Crippen molar-refractivity contribution in [3.63, 3.8) is 0 Å². The molecule has 4 aromatic rings. The van der Waals surface area contributed by atoms with Crippen LogP contribution in [0.25, 0.3) is 17.1 Å². The van der Waals surface area contributed by atoms with E-state index in [-0.39, 0.29) is 23.2 Å². The van der Waals surface area contributed by atoms with Gasteiger partial charge < -0.3 is 9.84 Å². The minimum atomic E-state index is -0.283. The van der Waals surface area contributed by atoms with E-state index in [0.29, 0.717) is 10.7 Å². The maximum absolute atomic E-state index is 12.4. The summed E-state index contributed by atoms with van der Waals surface area (Å²) in [5, 5.41) is 23.8. The number of carbonyl (C=O) groups excluding carboxylic acids is 1. The summed E-state index contributed by atoms with van der Waals surface area (Å²) in [5.74, 6) is 0.666. The predicted molar refractivity (Wildman–Crippen MR) is 134 cm³/mol. The summed E-state index contributed by atoms with van der Waals surface area (Å²) in [6.07, 6.45) is 1.46. The Morgan fingerprint density at radius 2 is 1.80 bits per heavy atom. The average molecular weight is 488 g/mol. The third-order valence-corrected chi connectivity index (χ3v) is 6.15. The van der Waals surface area contributed by atoms with E-state index in [0.717, 1.165) is 22.6 Å². The second-order valence-corrected chi connectivity index (χ2v) is 8.83. The summed E-state index contributed by atoms with van der Waals surface area (Å²) in [4.78, 5) is 12.4. The van der Waals surface area contributed by atoms with E-state index in [1.807, 2.05) is 66.9 Å². The lowest BCUT2D eigenvalue weighted by molar-refractivity contribution is -0.625. The Kier molecular flexibility index (Phi) is 7.47. The van der Waals surface area contributed by atoms with Crippen LogP contribution in [0, 0.1) is 13.8 Å². The number of aryl methyl sites for hydroxylation is 2. The number of hydrogen-bond acceptors (Lipinski definition) is 6. The van der Waals surface area contributed by atoms with Crippen LogP contribution in [-0.2, 0) is 4.79 Å². The molecule has 0 aliphatic heterocycles. The first-order chi connectivity index (χ1) is 16.9. The molecule has 0 radical (unpaired) electrons. The van der Waals surface area contributed by atoms with Gasteiger partial charge in [0.25, 0.3) is 11.7 Å². The summed E-state index contributed by atoms with van der Waals surface area (Å²) in [7, 11) is 1.43. The maximum Gasteiger partial charge on any atom is 0.342 e. The van der Waals surface area contributed by atoms with Crippen molar-refractivity contribution in [2.24, 2.45) is 5.10 Å². The molecule has 0 aliphatic rings. The smallest absolute Gasteiger partial charge is 0.342 e. The zero-order chi connectivity index (χ0) is 24.8. The van der Waals surface area contributed by atoms with Gasteiger partial charge in [-0.25, -0.2) is 5.43 Å². The van der Waals surface area contributed by atoms with Gasteiger partial charge >= 0.3 is 5.16 Å². The molecule has 1 heterocycles. The molecule has 0 spiro atoms. The third-order valence-electron chi connectivity index (χ3n) is 5.21. The van der Waals surface area contributed by atoms with Gasteiger partial charge in [0.05, 0.1) is 29.7 Å². The molecule has 1 aromatic heterocycles. The highest BCUT2D eigenvalue weighted by Crippen LogP contribution is 2.23. The predicted octanol–water partition coefficient (Wildman–Crippen LogP) is 3.29. The zero-order valence-electron chi connectivity index (χ0n) is 19.6. The number of aromatic nitrogens is 3. The molecule has 0 fully saturated rings. The average Bonchev–Trinajstić information content (AvgIpc) is 3.28. The standard InChI is InChI=1S/C26H25N5O3S/c1-17-4-9-20(10-5-17)25-29-30-26(31(25)21-11-6-18(2)7-12-21)35-16-24(33)28-27-15-19-8-13-22(32)23(14-19)34-3/h4-15H,16H2,1-3H3,(H2,27,28,32,33). The van der Waals surface area contributed by atoms with Crippen LogP contribution in [0.2, 0.25) is 0 Å². The van der Waals surface area contributed by atoms with Crippen molar-refractivity contribution < 1.29 is 19.2 Å². The Balaban J connectivity index is 1.49.